The van der Waals surface area contributed by atoms with E-state index in [1.807, 2.05) is 97.3 Å². The zero-order valence-electron chi connectivity index (χ0n) is 57.6. The van der Waals surface area contributed by atoms with Crippen molar-refractivity contribution in [3.05, 3.63) is 194 Å². The van der Waals surface area contributed by atoms with Crippen LogP contribution in [0.15, 0.2) is 128 Å². The number of amides is 3. The molecule has 3 amide bonds. The van der Waals surface area contributed by atoms with E-state index >= 15 is 0 Å². The highest BCUT2D eigenvalue weighted by Crippen LogP contribution is 2.38. The van der Waals surface area contributed by atoms with Crippen molar-refractivity contribution >= 4 is 204 Å². The molecule has 0 aliphatic heterocycles. The summed E-state index contributed by atoms with van der Waals surface area (Å²) >= 11 is 8.09. The summed E-state index contributed by atoms with van der Waals surface area (Å²) in [5.74, 6) is -2.18. The number of pyridine rings is 4. The number of nitrogens with one attached hydrogen (secondary N) is 6. The van der Waals surface area contributed by atoms with Crippen molar-refractivity contribution < 1.29 is 70.1 Å². The van der Waals surface area contributed by atoms with Crippen LogP contribution in [0.25, 0.3) is 44.1 Å². The Balaban J connectivity index is 0.000000179. The fourth-order valence-electron chi connectivity index (χ4n) is 10.5. The van der Waals surface area contributed by atoms with Crippen LogP contribution < -0.4 is 47.4 Å². The Kier molecular flexibility index (Phi) is 28.3. The number of carbonyl (C=O) groups is 4. The number of nitrogens with two attached hydrogens (primary N) is 1. The lowest BCUT2D eigenvalue weighted by atomic mass is 10.1. The number of aliphatic hydroxyl groups excluding tert-OH is 1. The van der Waals surface area contributed by atoms with Gasteiger partial charge < -0.3 is 64.6 Å². The molecule has 0 unspecified atom stereocenters. The van der Waals surface area contributed by atoms with Gasteiger partial charge in [-0.2, -0.15) is 0 Å². The number of primary amides is 1. The Hall–Kier alpha value is -9.23. The number of aromatic nitrogens is 8. The second-order valence-electron chi connectivity index (χ2n) is 23.7. The van der Waals surface area contributed by atoms with Gasteiger partial charge in [0.15, 0.2) is 0 Å². The van der Waals surface area contributed by atoms with Gasteiger partial charge in [0.25, 0.3) is 17.7 Å². The summed E-state index contributed by atoms with van der Waals surface area (Å²) in [5.41, 5.74) is 13.3. The van der Waals surface area contributed by atoms with Gasteiger partial charge in [-0.1, -0.05) is 14.4 Å². The van der Waals surface area contributed by atoms with Crippen molar-refractivity contribution in [2.75, 3.05) is 55.3 Å². The number of rotatable bonds is 20. The summed E-state index contributed by atoms with van der Waals surface area (Å²) in [6.07, 6.45) is 6.50. The van der Waals surface area contributed by atoms with Gasteiger partial charge in [0.1, 0.15) is 97.6 Å². The van der Waals surface area contributed by atoms with Crippen molar-refractivity contribution in [1.82, 2.24) is 49.2 Å². The van der Waals surface area contributed by atoms with Gasteiger partial charge in [0.2, 0.25) is 0 Å². The van der Waals surface area contributed by atoms with E-state index in [9.17, 15) is 41.1 Å². The average Bonchev–Trinajstić information content (AvgIpc) is 1.69. The van der Waals surface area contributed by atoms with E-state index in [0.717, 1.165) is 20.5 Å². The quantitative estimate of drug-likeness (QED) is 0.0116. The maximum atomic E-state index is 14.4. The molecule has 0 aliphatic rings. The van der Waals surface area contributed by atoms with Gasteiger partial charge in [-0.25, -0.2) is 57.6 Å². The summed E-state index contributed by atoms with van der Waals surface area (Å²) in [4.78, 5) is 77.3. The number of benzene rings is 4. The molecule has 0 saturated heterocycles. The van der Waals surface area contributed by atoms with E-state index in [4.69, 9.17) is 34.7 Å². The lowest BCUT2D eigenvalue weighted by Crippen LogP contribution is -2.25. The summed E-state index contributed by atoms with van der Waals surface area (Å²) in [7, 11) is 9.89. The largest absolute Gasteiger partial charge is 0.495 e. The number of nitrogens with zero attached hydrogens (tertiary/aromatic N) is 8. The average molecular weight is 1910 g/mol. The monoisotopic (exact) mass is 1910 g/mol. The van der Waals surface area contributed by atoms with Gasteiger partial charge in [0.05, 0.1) is 92.1 Å². The van der Waals surface area contributed by atoms with Crippen LogP contribution in [0.3, 0.4) is 0 Å². The Morgan fingerprint density at radius 2 is 0.858 bits per heavy atom. The first-order chi connectivity index (χ1) is 50.0. The van der Waals surface area contributed by atoms with Crippen LogP contribution in [0.2, 0.25) is 0 Å². The Bertz CT molecular complexity index is 5260. The normalized spacial score (nSPS) is 11.0. The smallest absolute Gasteiger partial charge is 0.343 e. The maximum Gasteiger partial charge on any atom is 0.343 e. The summed E-state index contributed by atoms with van der Waals surface area (Å²) < 4.78 is 96.6. The maximum absolute atomic E-state index is 14.4. The number of esters is 1. The predicted octanol–water partition coefficient (Wildman–Crippen LogP) is 15.8. The first kappa shape index (κ1) is 82.4. The first-order valence-electron chi connectivity index (χ1n) is 31.5. The molecule has 0 spiro atoms. The molecule has 9 N–H and O–H groups in total. The minimum Gasteiger partial charge on any atom is -0.495 e. The van der Waals surface area contributed by atoms with Crippen LogP contribution in [0, 0.1) is 43.4 Å². The molecule has 0 atom stereocenters. The predicted molar refractivity (Wildman–Crippen MR) is 430 cm³/mol. The number of fused-ring (bicyclic) bond motifs is 4. The standard InChI is InChI=1S/C20H21FIN3O3.C18H17F2IN4O2.C18H18FIN4O4.C15H12FIN4O.CH4/c1-20(2,3)28-19(26)16-13-9-12(27-5)10-23-17(13)25(4)18(16)24-15-7-6-11(22)8-14(15)21;1-3-6-27-24-18(26)15-12-7-10(19)9-22-16(12)25(2)17(15)23-14-5-4-11(21)8-13(14)20;1-24-16-12(8-11(27-2)9-21-16)15(18(26)23-28-6-5-25)17(24)22-14-4-3-10(20)7-13(14)19;1-21-14-9(3-2-6-19-14)12(13(18)22)15(21)20-11-5-4-8(17)7-10(11)16;/h6-10,24H,1-5H3;4-5,7-9,23H,3,6H2,1-2H3,(H,24,26);3-4,7-9,22,25H,5-6H2,1-2H3,(H,23,26);2-7,20H,1H3,(H2,18,22);1H4. The summed E-state index contributed by atoms with van der Waals surface area (Å²) in [6.45, 7) is 7.30. The van der Waals surface area contributed by atoms with Crippen LogP contribution in [-0.4, -0.2) is 107 Å². The number of hydrogen-bond donors (Lipinski definition) is 8. The molecule has 8 aromatic heterocycles. The van der Waals surface area contributed by atoms with Crippen LogP contribution in [-0.2, 0) is 42.6 Å². The molecule has 34 heteroatoms. The molecule has 0 radical (unpaired) electrons. The van der Waals surface area contributed by atoms with E-state index in [2.05, 4.69) is 52.2 Å². The highest BCUT2D eigenvalue weighted by Gasteiger charge is 2.30. The molecule has 12 rings (SSSR count). The number of aliphatic hydroxyl groups is 1. The number of hydroxylamine groups is 2. The van der Waals surface area contributed by atoms with Crippen molar-refractivity contribution in [3.63, 3.8) is 0 Å². The summed E-state index contributed by atoms with van der Waals surface area (Å²) in [6, 6.07) is 27.1. The van der Waals surface area contributed by atoms with Gasteiger partial charge >= 0.3 is 5.97 Å². The number of methoxy groups -OCH3 is 2. The molecule has 106 heavy (non-hydrogen) atoms. The number of hydrogen-bond acceptors (Lipinski definition) is 18. The second-order valence-corrected chi connectivity index (χ2v) is 28.7. The van der Waals surface area contributed by atoms with Crippen LogP contribution in [0.1, 0.15) is 83.0 Å². The molecule has 558 valence electrons. The summed E-state index contributed by atoms with van der Waals surface area (Å²) in [5, 5.41) is 22.7. The molecule has 0 saturated carbocycles. The van der Waals surface area contributed by atoms with Crippen LogP contribution >= 0.6 is 90.4 Å². The van der Waals surface area contributed by atoms with Gasteiger partial charge in [0, 0.05) is 70.2 Å². The Morgan fingerprint density at radius 1 is 0.500 bits per heavy atom. The number of aryl methyl sites for hydroxylation is 4. The molecule has 0 fully saturated rings. The molecular formula is C72H72F5I4N15O10. The fraction of sp³-hybridized carbons (Fsp3) is 0.222. The van der Waals surface area contributed by atoms with E-state index in [1.165, 1.54) is 50.7 Å². The second kappa shape index (κ2) is 36.4. The SMILES string of the molecule is C.CCCONC(=O)c1c(Nc2ccc(I)cc2F)n(C)c2ncc(F)cc12.COc1cnc2c(c1)c(C(=O)NOCCO)c(Nc1ccc(I)cc1F)n2C.COc1cnc2c(c1)c(C(=O)OC(C)(C)C)c(Nc1ccc(I)cc1F)n2C.Cn1c(Nc2ccc(I)cc2F)c(C(N)=O)c2cccnc21. The van der Waals surface area contributed by atoms with E-state index < -0.39 is 58.4 Å². The Labute approximate surface area is 659 Å². The van der Waals surface area contributed by atoms with Crippen molar-refractivity contribution in [2.24, 2.45) is 33.9 Å². The molecular weight excluding hydrogens is 1840 g/mol. The van der Waals surface area contributed by atoms with Crippen molar-refractivity contribution in [3.8, 4) is 11.5 Å². The fourth-order valence-corrected chi connectivity index (χ4v) is 12.3. The van der Waals surface area contributed by atoms with Gasteiger partial charge in [-0.15, -0.1) is 0 Å². The highest BCUT2D eigenvalue weighted by molar-refractivity contribution is 14.1. The number of anilines is 8. The van der Waals surface area contributed by atoms with Gasteiger partial charge in [-0.3, -0.25) is 24.1 Å². The molecule has 4 aromatic carbocycles. The third-order valence-corrected chi connectivity index (χ3v) is 18.0. The zero-order chi connectivity index (χ0) is 76.3. The highest BCUT2D eigenvalue weighted by atomic mass is 127. The van der Waals surface area contributed by atoms with Gasteiger partial charge in [-0.05, 0) is 221 Å². The lowest BCUT2D eigenvalue weighted by molar-refractivity contribution is 0.00720. The van der Waals surface area contributed by atoms with Crippen LogP contribution in [0.5, 0.6) is 11.5 Å². The lowest BCUT2D eigenvalue weighted by Gasteiger charge is -2.20. The van der Waals surface area contributed by atoms with Crippen LogP contribution in [0.4, 0.5) is 68.0 Å². The third kappa shape index (κ3) is 19.3. The molecule has 8 heterocycles. The van der Waals surface area contributed by atoms with E-state index in [1.54, 1.807) is 152 Å². The molecule has 12 aromatic rings. The molecule has 25 nitrogen and oxygen atoms in total. The molecule has 0 bridgehead atoms. The number of halogens is 9. The zero-order valence-corrected chi connectivity index (χ0v) is 66.3. The third-order valence-electron chi connectivity index (χ3n) is 15.3. The van der Waals surface area contributed by atoms with Crippen molar-refractivity contribution in [1.29, 1.82) is 0 Å². The topological polar surface area (TPSA) is 304 Å². The van der Waals surface area contributed by atoms with E-state index in [0.29, 0.717) is 91.7 Å². The minimum atomic E-state index is -0.684. The number of carbonyl (C=O) groups excluding carboxylic acids is 4. The number of ether oxygens (including phenoxy) is 3. The first-order valence-corrected chi connectivity index (χ1v) is 35.8. The minimum absolute atomic E-state index is 0. The Morgan fingerprint density at radius 3 is 1.23 bits per heavy atom. The van der Waals surface area contributed by atoms with Crippen molar-refractivity contribution in [2.45, 2.75) is 47.1 Å². The molecule has 0 aliphatic carbocycles. The van der Waals surface area contributed by atoms with E-state index in [-0.39, 0.29) is 65.9 Å².